The number of fused-ring (bicyclic) bond motifs is 3. The molecule has 1 aliphatic carbocycles. The van der Waals surface area contributed by atoms with Crippen LogP contribution in [-0.2, 0) is 11.8 Å². The molecule has 4 rings (SSSR count). The number of aromatic nitrogens is 2. The molecule has 0 aliphatic heterocycles. The zero-order valence-electron chi connectivity index (χ0n) is 11.4. The summed E-state index contributed by atoms with van der Waals surface area (Å²) in [6.07, 6.45) is 0.895. The molecule has 0 saturated carbocycles. The number of rotatable bonds is 1. The average molecular weight is 282 g/mol. The van der Waals surface area contributed by atoms with Gasteiger partial charge in [0, 0.05) is 23.0 Å². The van der Waals surface area contributed by atoms with Crippen LogP contribution in [0.25, 0.3) is 22.6 Å². The van der Waals surface area contributed by atoms with Crippen LogP contribution in [0, 0.1) is 0 Å². The zero-order chi connectivity index (χ0) is 13.7. The fourth-order valence-electron chi connectivity index (χ4n) is 2.80. The van der Waals surface area contributed by atoms with Crippen LogP contribution in [0.4, 0.5) is 0 Å². The molecule has 100 valence electrons. The van der Waals surface area contributed by atoms with E-state index in [0.29, 0.717) is 0 Å². The third-order valence-corrected chi connectivity index (χ3v) is 4.92. The molecule has 3 aromatic rings. The molecule has 0 atom stereocenters. The maximum absolute atomic E-state index is 6.09. The van der Waals surface area contributed by atoms with Gasteiger partial charge in [0.25, 0.3) is 0 Å². The van der Waals surface area contributed by atoms with Gasteiger partial charge in [0.15, 0.2) is 0 Å². The van der Waals surface area contributed by atoms with Crippen molar-refractivity contribution in [3.63, 3.8) is 0 Å². The number of nitrogens with zero attached hydrogens (tertiary/aromatic N) is 2. The lowest BCUT2D eigenvalue weighted by molar-refractivity contribution is 0.437. The molecule has 0 bridgehead atoms. The third kappa shape index (κ3) is 1.64. The minimum absolute atomic E-state index is 0.0440. The van der Waals surface area contributed by atoms with Crippen molar-refractivity contribution in [3.8, 4) is 22.6 Å². The van der Waals surface area contributed by atoms with E-state index in [-0.39, 0.29) is 5.41 Å². The van der Waals surface area contributed by atoms with Gasteiger partial charge in [-0.25, -0.2) is 0 Å². The van der Waals surface area contributed by atoms with Crippen molar-refractivity contribution < 1.29 is 4.42 Å². The second-order valence-electron chi connectivity index (χ2n) is 5.82. The first-order chi connectivity index (χ1) is 9.65. The van der Waals surface area contributed by atoms with E-state index in [9.17, 15) is 0 Å². The lowest BCUT2D eigenvalue weighted by Crippen LogP contribution is -2.23. The Bertz CT molecular complexity index is 771. The van der Waals surface area contributed by atoms with Gasteiger partial charge in [-0.3, -0.25) is 0 Å². The van der Waals surface area contributed by atoms with E-state index in [1.165, 1.54) is 16.4 Å². The van der Waals surface area contributed by atoms with Crippen LogP contribution in [-0.4, -0.2) is 9.59 Å². The molecular formula is C16H14N2OS. The highest BCUT2D eigenvalue weighted by molar-refractivity contribution is 7.06. The number of hydrogen-bond acceptors (Lipinski definition) is 4. The van der Waals surface area contributed by atoms with Crippen LogP contribution in [0.1, 0.15) is 24.5 Å². The SMILES string of the molecule is CC1(C)Cc2oc(-c3ccccc3)cc2-c2nnsc21. The van der Waals surface area contributed by atoms with Crippen molar-refractivity contribution >= 4 is 11.5 Å². The summed E-state index contributed by atoms with van der Waals surface area (Å²) in [4.78, 5) is 1.26. The Hall–Kier alpha value is -1.94. The monoisotopic (exact) mass is 282 g/mol. The second kappa shape index (κ2) is 4.03. The van der Waals surface area contributed by atoms with Gasteiger partial charge in [-0.2, -0.15) is 0 Å². The minimum atomic E-state index is 0.0440. The van der Waals surface area contributed by atoms with Gasteiger partial charge in [-0.05, 0) is 17.6 Å². The number of furan rings is 1. The Morgan fingerprint density at radius 2 is 2.00 bits per heavy atom. The molecule has 3 nitrogen and oxygen atoms in total. The molecule has 0 radical (unpaired) electrons. The predicted octanol–water partition coefficient (Wildman–Crippen LogP) is 4.30. The molecule has 1 aliphatic rings. The second-order valence-corrected chi connectivity index (χ2v) is 6.58. The maximum Gasteiger partial charge on any atom is 0.134 e. The molecule has 0 N–H and O–H groups in total. The first kappa shape index (κ1) is 11.9. The Morgan fingerprint density at radius 3 is 2.80 bits per heavy atom. The van der Waals surface area contributed by atoms with E-state index < -0.39 is 0 Å². The fraction of sp³-hybridized carbons (Fsp3) is 0.250. The van der Waals surface area contributed by atoms with Crippen LogP contribution in [0.3, 0.4) is 0 Å². The molecule has 0 unspecified atom stereocenters. The first-order valence-electron chi connectivity index (χ1n) is 6.66. The zero-order valence-corrected chi connectivity index (χ0v) is 12.2. The topological polar surface area (TPSA) is 38.9 Å². The quantitative estimate of drug-likeness (QED) is 0.668. The van der Waals surface area contributed by atoms with E-state index in [0.717, 1.165) is 34.8 Å². The van der Waals surface area contributed by atoms with Gasteiger partial charge < -0.3 is 4.42 Å². The van der Waals surface area contributed by atoms with Crippen LogP contribution in [0.15, 0.2) is 40.8 Å². The van der Waals surface area contributed by atoms with Crippen molar-refractivity contribution in [2.75, 3.05) is 0 Å². The van der Waals surface area contributed by atoms with E-state index >= 15 is 0 Å². The fourth-order valence-corrected chi connectivity index (χ4v) is 3.56. The third-order valence-electron chi connectivity index (χ3n) is 3.83. The lowest BCUT2D eigenvalue weighted by atomic mass is 9.79. The maximum atomic E-state index is 6.09. The highest BCUT2D eigenvalue weighted by Crippen LogP contribution is 2.46. The first-order valence-corrected chi connectivity index (χ1v) is 7.44. The molecule has 0 saturated heterocycles. The average Bonchev–Trinajstić information content (AvgIpc) is 3.05. The summed E-state index contributed by atoms with van der Waals surface area (Å²) >= 11 is 1.50. The Labute approximate surface area is 121 Å². The summed E-state index contributed by atoms with van der Waals surface area (Å²) < 4.78 is 10.2. The normalized spacial score (nSPS) is 15.7. The largest absolute Gasteiger partial charge is 0.460 e. The van der Waals surface area contributed by atoms with Gasteiger partial charge in [0.1, 0.15) is 17.2 Å². The predicted molar refractivity (Wildman–Crippen MR) is 79.8 cm³/mol. The van der Waals surface area contributed by atoms with E-state index in [1.54, 1.807) is 0 Å². The van der Waals surface area contributed by atoms with Gasteiger partial charge in [0.2, 0.25) is 0 Å². The van der Waals surface area contributed by atoms with Gasteiger partial charge in [-0.1, -0.05) is 48.7 Å². The standard InChI is InChI=1S/C16H14N2OS/c1-16(2)9-13-11(14-15(16)20-18-17-14)8-12(19-13)10-6-4-3-5-7-10/h3-8H,9H2,1-2H3. The van der Waals surface area contributed by atoms with Crippen molar-refractivity contribution in [2.24, 2.45) is 0 Å². The summed E-state index contributed by atoms with van der Waals surface area (Å²) in [5, 5.41) is 4.31. The van der Waals surface area contributed by atoms with Crippen LogP contribution >= 0.6 is 11.5 Å². The Morgan fingerprint density at radius 1 is 1.20 bits per heavy atom. The number of benzene rings is 1. The summed E-state index contributed by atoms with van der Waals surface area (Å²) in [5.74, 6) is 1.93. The molecular weight excluding hydrogens is 268 g/mol. The van der Waals surface area contributed by atoms with Crippen molar-refractivity contribution in [2.45, 2.75) is 25.7 Å². The molecule has 0 spiro atoms. The summed E-state index contributed by atoms with van der Waals surface area (Å²) in [5.41, 5.74) is 3.24. The summed E-state index contributed by atoms with van der Waals surface area (Å²) in [6.45, 7) is 4.44. The van der Waals surface area contributed by atoms with E-state index in [2.05, 4.69) is 41.6 Å². The summed E-state index contributed by atoms with van der Waals surface area (Å²) in [7, 11) is 0. The minimum Gasteiger partial charge on any atom is -0.460 e. The van der Waals surface area contributed by atoms with Gasteiger partial charge in [-0.15, -0.1) is 5.10 Å². The molecule has 0 fully saturated rings. The summed E-state index contributed by atoms with van der Waals surface area (Å²) in [6, 6.07) is 12.3. The van der Waals surface area contributed by atoms with Gasteiger partial charge >= 0.3 is 0 Å². The van der Waals surface area contributed by atoms with Crippen molar-refractivity contribution in [1.82, 2.24) is 9.59 Å². The highest BCUT2D eigenvalue weighted by Gasteiger charge is 2.36. The molecule has 4 heteroatoms. The Balaban J connectivity index is 1.90. The molecule has 20 heavy (non-hydrogen) atoms. The van der Waals surface area contributed by atoms with Crippen molar-refractivity contribution in [3.05, 3.63) is 47.0 Å². The highest BCUT2D eigenvalue weighted by atomic mass is 32.1. The lowest BCUT2D eigenvalue weighted by Gasteiger charge is -2.26. The van der Waals surface area contributed by atoms with E-state index in [1.807, 2.05) is 18.2 Å². The van der Waals surface area contributed by atoms with Crippen LogP contribution in [0.5, 0.6) is 0 Å². The number of hydrogen-bond donors (Lipinski definition) is 0. The van der Waals surface area contributed by atoms with Crippen molar-refractivity contribution in [1.29, 1.82) is 0 Å². The molecule has 0 amide bonds. The molecule has 2 heterocycles. The Kier molecular flexibility index (Phi) is 2.39. The molecule has 2 aromatic heterocycles. The van der Waals surface area contributed by atoms with E-state index in [4.69, 9.17) is 4.42 Å². The van der Waals surface area contributed by atoms with Gasteiger partial charge in [0.05, 0.1) is 4.88 Å². The smallest absolute Gasteiger partial charge is 0.134 e. The molecule has 1 aromatic carbocycles. The van der Waals surface area contributed by atoms with Crippen LogP contribution in [0.2, 0.25) is 0 Å². The van der Waals surface area contributed by atoms with Crippen LogP contribution < -0.4 is 0 Å².